The van der Waals surface area contributed by atoms with E-state index in [1.54, 1.807) is 0 Å². The van der Waals surface area contributed by atoms with Crippen LogP contribution in [0.25, 0.3) is 106 Å². The van der Waals surface area contributed by atoms with E-state index in [2.05, 4.69) is 167 Å². The monoisotopic (exact) mass is 670 g/mol. The minimum atomic E-state index is 1.19. The molecule has 12 aromatic rings. The van der Waals surface area contributed by atoms with Crippen LogP contribution in [0, 0.1) is 0 Å². The highest BCUT2D eigenvalue weighted by Crippen LogP contribution is 2.46. The maximum atomic E-state index is 2.50. The van der Waals surface area contributed by atoms with Crippen molar-refractivity contribution >= 4 is 117 Å². The number of hydrogen-bond acceptors (Lipinski definition) is 2. The fourth-order valence-corrected chi connectivity index (χ4v) is 10.9. The van der Waals surface area contributed by atoms with Crippen LogP contribution >= 0.6 is 22.7 Å². The van der Waals surface area contributed by atoms with Gasteiger partial charge in [-0.1, -0.05) is 97.1 Å². The van der Waals surface area contributed by atoms with Crippen molar-refractivity contribution in [2.75, 3.05) is 0 Å². The van der Waals surface area contributed by atoms with Gasteiger partial charge in [0.2, 0.25) is 0 Å². The van der Waals surface area contributed by atoms with E-state index in [1.165, 1.54) is 106 Å². The summed E-state index contributed by atoms with van der Waals surface area (Å²) in [5, 5.41) is 13.0. The SMILES string of the molecule is c1ccc2c(c1)ccc1c2c2c3c4ccccc4n(-c4ccc5c(c4)sc4ccccc45)c3ccc2n1-c1ccc2c(c1)sc1ccccc12. The van der Waals surface area contributed by atoms with Crippen molar-refractivity contribution in [3.63, 3.8) is 0 Å². The van der Waals surface area contributed by atoms with Gasteiger partial charge in [0.25, 0.3) is 0 Å². The molecule has 4 heterocycles. The molecule has 4 aromatic heterocycles. The van der Waals surface area contributed by atoms with Crippen molar-refractivity contribution < 1.29 is 0 Å². The van der Waals surface area contributed by atoms with Gasteiger partial charge in [0, 0.05) is 73.3 Å². The van der Waals surface area contributed by atoms with Crippen molar-refractivity contribution in [1.82, 2.24) is 9.13 Å². The number of nitrogens with zero attached hydrogens (tertiary/aromatic N) is 2. The van der Waals surface area contributed by atoms with Crippen LogP contribution in [0.15, 0.2) is 158 Å². The molecule has 12 rings (SSSR count). The number of benzene rings is 8. The van der Waals surface area contributed by atoms with Crippen molar-refractivity contribution in [3.05, 3.63) is 158 Å². The first-order valence-corrected chi connectivity index (χ1v) is 18.6. The summed E-state index contributed by atoms with van der Waals surface area (Å²) in [5.41, 5.74) is 7.30. The zero-order valence-electron chi connectivity index (χ0n) is 26.7. The zero-order chi connectivity index (χ0) is 32.5. The molecule has 0 aliphatic rings. The second-order valence-corrected chi connectivity index (χ2v) is 15.4. The van der Waals surface area contributed by atoms with Gasteiger partial charge in [-0.2, -0.15) is 0 Å². The van der Waals surface area contributed by atoms with Gasteiger partial charge < -0.3 is 9.13 Å². The van der Waals surface area contributed by atoms with Crippen LogP contribution < -0.4 is 0 Å². The standard InChI is InChI=1S/C46H26N2S2/c1-2-10-30-27(9-1)17-22-37-44(30)46-39(48(37)29-19-21-34-32-12-5-8-16-41(32)50-43(34)26-29)24-23-38-45(46)35-13-3-6-14-36(35)47(38)28-18-20-33-31-11-4-7-15-40(31)49-42(33)25-28/h1-26H. The first-order valence-electron chi connectivity index (χ1n) is 17.0. The highest BCUT2D eigenvalue weighted by Gasteiger charge is 2.22. The van der Waals surface area contributed by atoms with Gasteiger partial charge in [-0.3, -0.25) is 0 Å². The lowest BCUT2D eigenvalue weighted by molar-refractivity contribution is 1.18. The minimum Gasteiger partial charge on any atom is -0.309 e. The summed E-state index contributed by atoms with van der Waals surface area (Å²) in [6.07, 6.45) is 0. The molecule has 0 saturated carbocycles. The molecule has 0 radical (unpaired) electrons. The maximum absolute atomic E-state index is 2.50. The van der Waals surface area contributed by atoms with Gasteiger partial charge >= 0.3 is 0 Å². The lowest BCUT2D eigenvalue weighted by Gasteiger charge is -2.10. The van der Waals surface area contributed by atoms with Gasteiger partial charge in [0.15, 0.2) is 0 Å². The van der Waals surface area contributed by atoms with E-state index in [4.69, 9.17) is 0 Å². The Morgan fingerprint density at radius 2 is 0.760 bits per heavy atom. The molecule has 0 fully saturated rings. The smallest absolute Gasteiger partial charge is 0.0549 e. The Balaban J connectivity index is 1.22. The quantitative estimate of drug-likeness (QED) is 0.173. The molecule has 232 valence electrons. The van der Waals surface area contributed by atoms with Crippen LogP contribution in [0.4, 0.5) is 0 Å². The molecule has 0 atom stereocenters. The molecule has 0 aliphatic heterocycles. The van der Waals surface area contributed by atoms with Gasteiger partial charge in [0.05, 0.1) is 22.1 Å². The summed E-state index contributed by atoms with van der Waals surface area (Å²) in [5.74, 6) is 0. The van der Waals surface area contributed by atoms with Gasteiger partial charge in [-0.05, 0) is 71.4 Å². The van der Waals surface area contributed by atoms with Crippen LogP contribution in [-0.4, -0.2) is 9.13 Å². The molecule has 0 bridgehead atoms. The van der Waals surface area contributed by atoms with Gasteiger partial charge in [-0.25, -0.2) is 0 Å². The summed E-state index contributed by atoms with van der Waals surface area (Å²) < 4.78 is 10.3. The Hall–Kier alpha value is -5.94. The number of aromatic nitrogens is 2. The van der Waals surface area contributed by atoms with Crippen molar-refractivity contribution in [2.24, 2.45) is 0 Å². The number of thiophene rings is 2. The summed E-state index contributed by atoms with van der Waals surface area (Å²) in [4.78, 5) is 0. The van der Waals surface area contributed by atoms with E-state index >= 15 is 0 Å². The fourth-order valence-electron chi connectivity index (χ4n) is 8.59. The third kappa shape index (κ3) is 3.51. The minimum absolute atomic E-state index is 1.19. The number of hydrogen-bond donors (Lipinski definition) is 0. The Labute approximate surface area is 294 Å². The second kappa shape index (κ2) is 9.82. The van der Waals surface area contributed by atoms with Crippen LogP contribution in [-0.2, 0) is 0 Å². The predicted molar refractivity (Wildman–Crippen MR) is 218 cm³/mol. The van der Waals surface area contributed by atoms with E-state index in [0.717, 1.165) is 0 Å². The molecular weight excluding hydrogens is 645 g/mol. The van der Waals surface area contributed by atoms with Crippen molar-refractivity contribution in [2.45, 2.75) is 0 Å². The van der Waals surface area contributed by atoms with Crippen LogP contribution in [0.3, 0.4) is 0 Å². The Morgan fingerprint density at radius 3 is 1.42 bits per heavy atom. The highest BCUT2D eigenvalue weighted by molar-refractivity contribution is 7.26. The summed E-state index contributed by atoms with van der Waals surface area (Å²) >= 11 is 3.75. The number of rotatable bonds is 2. The normalized spacial score (nSPS) is 12.4. The average molecular weight is 671 g/mol. The third-order valence-corrected chi connectivity index (χ3v) is 13.0. The first-order chi connectivity index (χ1) is 24.8. The van der Waals surface area contributed by atoms with Gasteiger partial charge in [-0.15, -0.1) is 22.7 Å². The molecule has 0 amide bonds. The molecule has 0 saturated heterocycles. The molecular formula is C46H26N2S2. The average Bonchev–Trinajstić information content (AvgIpc) is 3.91. The molecule has 8 aromatic carbocycles. The highest BCUT2D eigenvalue weighted by atomic mass is 32.1. The molecule has 0 N–H and O–H groups in total. The summed E-state index contributed by atoms with van der Waals surface area (Å²) in [6, 6.07) is 58.6. The van der Waals surface area contributed by atoms with E-state index in [0.29, 0.717) is 0 Å². The molecule has 2 nitrogen and oxygen atoms in total. The van der Waals surface area contributed by atoms with Gasteiger partial charge in [0.1, 0.15) is 0 Å². The largest absolute Gasteiger partial charge is 0.309 e. The molecule has 0 spiro atoms. The van der Waals surface area contributed by atoms with E-state index in [1.807, 2.05) is 22.7 Å². The molecule has 50 heavy (non-hydrogen) atoms. The first kappa shape index (κ1) is 26.9. The van der Waals surface area contributed by atoms with Crippen molar-refractivity contribution in [1.29, 1.82) is 0 Å². The number of fused-ring (bicyclic) bond motifs is 15. The topological polar surface area (TPSA) is 9.86 Å². The van der Waals surface area contributed by atoms with E-state index < -0.39 is 0 Å². The summed E-state index contributed by atoms with van der Waals surface area (Å²) in [6.45, 7) is 0. The third-order valence-electron chi connectivity index (χ3n) is 10.7. The van der Waals surface area contributed by atoms with E-state index in [-0.39, 0.29) is 0 Å². The maximum Gasteiger partial charge on any atom is 0.0549 e. The Bertz CT molecular complexity index is 3390. The predicted octanol–water partition coefficient (Wildman–Crippen LogP) is 13.8. The fraction of sp³-hybridized carbons (Fsp3) is 0. The van der Waals surface area contributed by atoms with Crippen LogP contribution in [0.2, 0.25) is 0 Å². The Kier molecular flexibility index (Phi) is 5.29. The molecule has 0 unspecified atom stereocenters. The summed E-state index contributed by atoms with van der Waals surface area (Å²) in [7, 11) is 0. The zero-order valence-corrected chi connectivity index (χ0v) is 28.4. The van der Waals surface area contributed by atoms with Crippen LogP contribution in [0.5, 0.6) is 0 Å². The Morgan fingerprint density at radius 1 is 0.300 bits per heavy atom. The molecule has 4 heteroatoms. The lowest BCUT2D eigenvalue weighted by atomic mass is 10.0. The van der Waals surface area contributed by atoms with E-state index in [9.17, 15) is 0 Å². The van der Waals surface area contributed by atoms with Crippen molar-refractivity contribution in [3.8, 4) is 11.4 Å². The van der Waals surface area contributed by atoms with Crippen LogP contribution in [0.1, 0.15) is 0 Å². The molecule has 0 aliphatic carbocycles. The lowest BCUT2D eigenvalue weighted by Crippen LogP contribution is -1.94. The number of para-hydroxylation sites is 1. The second-order valence-electron chi connectivity index (χ2n) is 13.3.